The molecule has 1 amide bonds. The Morgan fingerprint density at radius 2 is 2.04 bits per heavy atom. The molecule has 2 heterocycles. The number of carbonyl (C=O) groups excluding carboxylic acids is 2. The summed E-state index contributed by atoms with van der Waals surface area (Å²) in [5.41, 5.74) is 2.70. The fraction of sp³-hybridized carbons (Fsp3) is 0.529. The van der Waals surface area contributed by atoms with Crippen LogP contribution in [-0.2, 0) is 27.3 Å². The van der Waals surface area contributed by atoms with Gasteiger partial charge in [0.15, 0.2) is 0 Å². The van der Waals surface area contributed by atoms with Gasteiger partial charge in [-0.25, -0.2) is 0 Å². The first-order valence-electron chi connectivity index (χ1n) is 7.93. The van der Waals surface area contributed by atoms with Gasteiger partial charge in [0.2, 0.25) is 5.91 Å². The highest BCUT2D eigenvalue weighted by Gasteiger charge is 2.30. The predicted octanol–water partition coefficient (Wildman–Crippen LogP) is 1.16. The van der Waals surface area contributed by atoms with Crippen molar-refractivity contribution in [2.75, 3.05) is 39.0 Å². The fourth-order valence-corrected chi connectivity index (χ4v) is 4.26. The Labute approximate surface area is 141 Å². The van der Waals surface area contributed by atoms with E-state index in [1.165, 1.54) is 18.2 Å². The molecule has 0 bridgehead atoms. The highest BCUT2D eigenvalue weighted by Crippen LogP contribution is 2.21. The van der Waals surface area contributed by atoms with Gasteiger partial charge < -0.3 is 9.64 Å². The van der Waals surface area contributed by atoms with Crippen LogP contribution >= 0.6 is 11.8 Å². The molecule has 23 heavy (non-hydrogen) atoms. The van der Waals surface area contributed by atoms with Crippen LogP contribution in [0.4, 0.5) is 0 Å². The maximum absolute atomic E-state index is 12.6. The summed E-state index contributed by atoms with van der Waals surface area (Å²) < 4.78 is 4.80. The molecule has 0 N–H and O–H groups in total. The zero-order valence-corrected chi connectivity index (χ0v) is 14.2. The number of fused-ring (bicyclic) bond motifs is 1. The van der Waals surface area contributed by atoms with Crippen molar-refractivity contribution in [2.45, 2.75) is 18.2 Å². The number of ether oxygens (including phenoxy) is 1. The monoisotopic (exact) mass is 334 g/mol. The van der Waals surface area contributed by atoms with Crippen molar-refractivity contribution < 1.29 is 14.3 Å². The van der Waals surface area contributed by atoms with Gasteiger partial charge >= 0.3 is 5.97 Å². The molecule has 2 aliphatic heterocycles. The minimum atomic E-state index is -0.250. The van der Waals surface area contributed by atoms with Crippen molar-refractivity contribution >= 4 is 23.6 Å². The highest BCUT2D eigenvalue weighted by molar-refractivity contribution is 8.00. The Morgan fingerprint density at radius 3 is 2.83 bits per heavy atom. The van der Waals surface area contributed by atoms with Gasteiger partial charge in [-0.05, 0) is 17.5 Å². The summed E-state index contributed by atoms with van der Waals surface area (Å²) in [5.74, 6) is 0.659. The van der Waals surface area contributed by atoms with Gasteiger partial charge in [0.1, 0.15) is 5.25 Å². The van der Waals surface area contributed by atoms with Gasteiger partial charge in [-0.1, -0.05) is 24.3 Å². The Hall–Kier alpha value is -1.53. The quantitative estimate of drug-likeness (QED) is 0.777. The number of benzene rings is 1. The van der Waals surface area contributed by atoms with Crippen molar-refractivity contribution in [2.24, 2.45) is 0 Å². The van der Waals surface area contributed by atoms with E-state index >= 15 is 0 Å². The van der Waals surface area contributed by atoms with Gasteiger partial charge in [-0.2, -0.15) is 0 Å². The molecule has 2 aliphatic rings. The summed E-state index contributed by atoms with van der Waals surface area (Å²) in [6, 6.07) is 8.42. The number of carbonyl (C=O) groups is 2. The lowest BCUT2D eigenvalue weighted by molar-refractivity contribution is -0.141. The molecule has 1 fully saturated rings. The molecule has 0 aliphatic carbocycles. The molecule has 0 spiro atoms. The van der Waals surface area contributed by atoms with Crippen LogP contribution in [0.1, 0.15) is 11.1 Å². The minimum Gasteiger partial charge on any atom is -0.468 e. The van der Waals surface area contributed by atoms with Gasteiger partial charge in [0.25, 0.3) is 0 Å². The maximum Gasteiger partial charge on any atom is 0.320 e. The maximum atomic E-state index is 12.6. The standard InChI is InChI=1S/C17H22N2O3S/c1-22-17(21)15-11-19(8-9-23-15)16(20)12-18-7-6-13-4-2-3-5-14(13)10-18/h2-5,15H,6-12H2,1H3/t15-/m0/s1. The minimum absolute atomic E-state index is 0.110. The van der Waals surface area contributed by atoms with E-state index in [1.54, 1.807) is 16.7 Å². The van der Waals surface area contributed by atoms with Crippen LogP contribution in [0.3, 0.4) is 0 Å². The van der Waals surface area contributed by atoms with Crippen LogP contribution in [0.15, 0.2) is 24.3 Å². The van der Waals surface area contributed by atoms with Crippen LogP contribution < -0.4 is 0 Å². The first-order chi connectivity index (χ1) is 11.2. The van der Waals surface area contributed by atoms with E-state index in [0.717, 1.165) is 25.3 Å². The number of nitrogens with zero attached hydrogens (tertiary/aromatic N) is 2. The lowest BCUT2D eigenvalue weighted by atomic mass is 10.00. The highest BCUT2D eigenvalue weighted by atomic mass is 32.2. The number of methoxy groups -OCH3 is 1. The lowest BCUT2D eigenvalue weighted by Crippen LogP contribution is -2.49. The predicted molar refractivity (Wildman–Crippen MR) is 90.3 cm³/mol. The molecule has 0 aromatic heterocycles. The van der Waals surface area contributed by atoms with E-state index in [1.807, 2.05) is 6.07 Å². The molecule has 3 rings (SSSR count). The molecule has 1 aromatic rings. The second-order valence-electron chi connectivity index (χ2n) is 5.95. The summed E-state index contributed by atoms with van der Waals surface area (Å²) in [6.07, 6.45) is 0.990. The molecule has 1 aromatic carbocycles. The molecule has 0 radical (unpaired) electrons. The average Bonchev–Trinajstić information content (AvgIpc) is 2.61. The molecular formula is C17H22N2O3S. The Balaban J connectivity index is 1.56. The fourth-order valence-electron chi connectivity index (χ4n) is 3.13. The van der Waals surface area contributed by atoms with Crippen LogP contribution in [-0.4, -0.2) is 66.0 Å². The summed E-state index contributed by atoms with van der Waals surface area (Å²) >= 11 is 1.57. The third kappa shape index (κ3) is 3.87. The molecule has 0 unspecified atom stereocenters. The summed E-state index contributed by atoms with van der Waals surface area (Å²) in [7, 11) is 1.40. The number of esters is 1. The van der Waals surface area contributed by atoms with Crippen molar-refractivity contribution in [1.29, 1.82) is 0 Å². The van der Waals surface area contributed by atoms with Crippen molar-refractivity contribution in [3.63, 3.8) is 0 Å². The van der Waals surface area contributed by atoms with Crippen molar-refractivity contribution in [1.82, 2.24) is 9.80 Å². The van der Waals surface area contributed by atoms with Crippen LogP contribution in [0.2, 0.25) is 0 Å². The average molecular weight is 334 g/mol. The van der Waals surface area contributed by atoms with Gasteiger partial charge in [-0.15, -0.1) is 11.8 Å². The SMILES string of the molecule is COC(=O)[C@@H]1CN(C(=O)CN2CCc3ccccc3C2)CCS1. The molecule has 1 saturated heterocycles. The summed E-state index contributed by atoms with van der Waals surface area (Å²) in [5, 5.41) is -0.250. The number of thioether (sulfide) groups is 1. The van der Waals surface area contributed by atoms with Crippen molar-refractivity contribution in [3.05, 3.63) is 35.4 Å². The van der Waals surface area contributed by atoms with Gasteiger partial charge in [0, 0.05) is 31.9 Å². The van der Waals surface area contributed by atoms with Crippen LogP contribution in [0.5, 0.6) is 0 Å². The smallest absolute Gasteiger partial charge is 0.320 e. The number of hydrogen-bond donors (Lipinski definition) is 0. The van der Waals surface area contributed by atoms with Crippen LogP contribution in [0, 0.1) is 0 Å². The first-order valence-corrected chi connectivity index (χ1v) is 8.98. The Morgan fingerprint density at radius 1 is 1.26 bits per heavy atom. The zero-order valence-electron chi connectivity index (χ0n) is 13.4. The molecule has 1 atom stereocenters. The topological polar surface area (TPSA) is 49.9 Å². The number of hydrogen-bond acceptors (Lipinski definition) is 5. The van der Waals surface area contributed by atoms with E-state index < -0.39 is 0 Å². The van der Waals surface area contributed by atoms with E-state index in [-0.39, 0.29) is 17.1 Å². The summed E-state index contributed by atoms with van der Waals surface area (Å²) in [6.45, 7) is 3.33. The normalized spacial score (nSPS) is 21.6. The molecule has 0 saturated carbocycles. The zero-order chi connectivity index (χ0) is 16.2. The van der Waals surface area contributed by atoms with E-state index in [0.29, 0.717) is 19.6 Å². The van der Waals surface area contributed by atoms with E-state index in [2.05, 4.69) is 23.1 Å². The second-order valence-corrected chi connectivity index (χ2v) is 7.26. The van der Waals surface area contributed by atoms with E-state index in [4.69, 9.17) is 4.74 Å². The van der Waals surface area contributed by atoms with Crippen LogP contribution in [0.25, 0.3) is 0 Å². The van der Waals surface area contributed by atoms with Gasteiger partial charge in [0.05, 0.1) is 13.7 Å². The molecular weight excluding hydrogens is 312 g/mol. The Bertz CT molecular complexity index is 593. The molecule has 124 valence electrons. The molecule has 5 nitrogen and oxygen atoms in total. The first kappa shape index (κ1) is 16.3. The molecule has 6 heteroatoms. The summed E-state index contributed by atoms with van der Waals surface area (Å²) in [4.78, 5) is 28.2. The van der Waals surface area contributed by atoms with E-state index in [9.17, 15) is 9.59 Å². The second kappa shape index (κ2) is 7.36. The van der Waals surface area contributed by atoms with Crippen molar-refractivity contribution in [3.8, 4) is 0 Å². The lowest BCUT2D eigenvalue weighted by Gasteiger charge is -2.34. The number of amides is 1. The largest absolute Gasteiger partial charge is 0.468 e. The number of rotatable bonds is 3. The third-order valence-electron chi connectivity index (χ3n) is 4.45. The van der Waals surface area contributed by atoms with Gasteiger partial charge in [-0.3, -0.25) is 14.5 Å². The third-order valence-corrected chi connectivity index (χ3v) is 5.61. The Kier molecular flexibility index (Phi) is 5.23.